The molecule has 3 nitrogen and oxygen atoms in total. The molecule has 0 amide bonds. The van der Waals surface area contributed by atoms with Crippen LogP contribution < -0.4 is 0 Å². The number of aliphatic hydroxyl groups is 1. The molecule has 1 aromatic rings. The SMILES string of the molecule is OC1([C@@H]2OC=C[C@@H](c3ccccc3)CO2)CCC1. The molecule has 0 aromatic heterocycles. The fraction of sp³-hybridized carbons (Fsp3) is 0.467. The number of hydrogen-bond acceptors (Lipinski definition) is 3. The van der Waals surface area contributed by atoms with Crippen molar-refractivity contribution >= 4 is 0 Å². The highest BCUT2D eigenvalue weighted by atomic mass is 16.7. The van der Waals surface area contributed by atoms with Gasteiger partial charge < -0.3 is 14.6 Å². The average Bonchev–Trinajstić information content (AvgIpc) is 2.63. The van der Waals surface area contributed by atoms with Gasteiger partial charge in [0, 0.05) is 5.92 Å². The van der Waals surface area contributed by atoms with E-state index in [0.717, 1.165) is 19.3 Å². The second-order valence-corrected chi connectivity index (χ2v) is 5.10. The summed E-state index contributed by atoms with van der Waals surface area (Å²) in [5, 5.41) is 10.2. The Labute approximate surface area is 107 Å². The molecule has 0 spiro atoms. The van der Waals surface area contributed by atoms with Gasteiger partial charge in [0.15, 0.2) is 0 Å². The van der Waals surface area contributed by atoms with E-state index in [0.29, 0.717) is 6.61 Å². The van der Waals surface area contributed by atoms with Crippen molar-refractivity contribution in [2.45, 2.75) is 37.1 Å². The van der Waals surface area contributed by atoms with E-state index in [-0.39, 0.29) is 5.92 Å². The molecule has 96 valence electrons. The third kappa shape index (κ3) is 2.16. The molecular weight excluding hydrogens is 228 g/mol. The first kappa shape index (κ1) is 11.8. The molecule has 3 heteroatoms. The minimum absolute atomic E-state index is 0.194. The van der Waals surface area contributed by atoms with Gasteiger partial charge in [-0.25, -0.2) is 0 Å². The molecule has 2 aliphatic rings. The Morgan fingerprint density at radius 2 is 1.94 bits per heavy atom. The van der Waals surface area contributed by atoms with Gasteiger partial charge in [-0.05, 0) is 30.9 Å². The van der Waals surface area contributed by atoms with Crippen LogP contribution in [0.25, 0.3) is 0 Å². The summed E-state index contributed by atoms with van der Waals surface area (Å²) in [5.74, 6) is 0.194. The summed E-state index contributed by atoms with van der Waals surface area (Å²) < 4.78 is 11.3. The van der Waals surface area contributed by atoms with E-state index >= 15 is 0 Å². The van der Waals surface area contributed by atoms with Crippen LogP contribution in [0.5, 0.6) is 0 Å². The zero-order chi connectivity index (χ0) is 12.4. The maximum atomic E-state index is 10.2. The van der Waals surface area contributed by atoms with Crippen LogP contribution in [0.4, 0.5) is 0 Å². The van der Waals surface area contributed by atoms with Gasteiger partial charge in [-0.1, -0.05) is 30.3 Å². The van der Waals surface area contributed by atoms with Crippen molar-refractivity contribution in [2.75, 3.05) is 6.61 Å². The third-order valence-electron chi connectivity index (χ3n) is 3.83. The van der Waals surface area contributed by atoms with Crippen LogP contribution >= 0.6 is 0 Å². The van der Waals surface area contributed by atoms with Crippen LogP contribution in [0, 0.1) is 0 Å². The van der Waals surface area contributed by atoms with Gasteiger partial charge in [0.2, 0.25) is 6.29 Å². The predicted molar refractivity (Wildman–Crippen MR) is 67.9 cm³/mol. The molecule has 1 aliphatic carbocycles. The van der Waals surface area contributed by atoms with E-state index in [4.69, 9.17) is 9.47 Å². The van der Waals surface area contributed by atoms with Gasteiger partial charge in [-0.2, -0.15) is 0 Å². The monoisotopic (exact) mass is 246 g/mol. The van der Waals surface area contributed by atoms with Crippen molar-refractivity contribution in [2.24, 2.45) is 0 Å². The molecule has 1 aliphatic heterocycles. The smallest absolute Gasteiger partial charge is 0.228 e. The highest BCUT2D eigenvalue weighted by molar-refractivity contribution is 5.23. The molecule has 0 bridgehead atoms. The maximum Gasteiger partial charge on any atom is 0.228 e. The molecule has 1 saturated carbocycles. The first-order valence-corrected chi connectivity index (χ1v) is 6.49. The summed E-state index contributed by atoms with van der Waals surface area (Å²) in [4.78, 5) is 0. The van der Waals surface area contributed by atoms with Gasteiger partial charge >= 0.3 is 0 Å². The minimum atomic E-state index is -0.782. The molecule has 18 heavy (non-hydrogen) atoms. The van der Waals surface area contributed by atoms with Crippen LogP contribution in [-0.4, -0.2) is 23.6 Å². The average molecular weight is 246 g/mol. The highest BCUT2D eigenvalue weighted by Gasteiger charge is 2.45. The lowest BCUT2D eigenvalue weighted by molar-refractivity contribution is -0.239. The molecule has 3 rings (SSSR count). The van der Waals surface area contributed by atoms with Crippen LogP contribution in [0.1, 0.15) is 30.7 Å². The molecule has 1 N–H and O–H groups in total. The lowest BCUT2D eigenvalue weighted by Gasteiger charge is -2.41. The lowest BCUT2D eigenvalue weighted by atomic mass is 9.79. The highest BCUT2D eigenvalue weighted by Crippen LogP contribution is 2.38. The Morgan fingerprint density at radius 3 is 2.61 bits per heavy atom. The fourth-order valence-corrected chi connectivity index (χ4v) is 2.46. The second kappa shape index (κ2) is 4.75. The van der Waals surface area contributed by atoms with Crippen LogP contribution in [-0.2, 0) is 9.47 Å². The van der Waals surface area contributed by atoms with E-state index in [1.54, 1.807) is 6.26 Å². The first-order valence-electron chi connectivity index (χ1n) is 6.49. The molecule has 1 fully saturated rings. The third-order valence-corrected chi connectivity index (χ3v) is 3.83. The Kier molecular flexibility index (Phi) is 3.10. The Hall–Kier alpha value is -1.32. The zero-order valence-electron chi connectivity index (χ0n) is 10.3. The van der Waals surface area contributed by atoms with Crippen LogP contribution in [0.15, 0.2) is 42.7 Å². The van der Waals surface area contributed by atoms with E-state index < -0.39 is 11.9 Å². The standard InChI is InChI=1S/C15H18O3/c16-15(8-4-9-15)14-17-10-7-13(11-18-14)12-5-2-1-3-6-12/h1-3,5-7,10,13-14,16H,4,8-9,11H2/t13-,14-/m1/s1. The van der Waals surface area contributed by atoms with Crippen LogP contribution in [0.3, 0.4) is 0 Å². The summed E-state index contributed by atoms with van der Waals surface area (Å²) in [6, 6.07) is 10.2. The number of benzene rings is 1. The van der Waals surface area contributed by atoms with E-state index in [9.17, 15) is 5.11 Å². The fourth-order valence-electron chi connectivity index (χ4n) is 2.46. The summed E-state index contributed by atoms with van der Waals surface area (Å²) in [6.07, 6.45) is 5.73. The quantitative estimate of drug-likeness (QED) is 0.871. The molecule has 0 unspecified atom stereocenters. The molecule has 2 atom stereocenters. The van der Waals surface area contributed by atoms with E-state index in [2.05, 4.69) is 12.1 Å². The molecule has 1 heterocycles. The maximum absolute atomic E-state index is 10.2. The summed E-state index contributed by atoms with van der Waals surface area (Å²) in [6.45, 7) is 0.549. The van der Waals surface area contributed by atoms with Crippen molar-refractivity contribution in [3.05, 3.63) is 48.2 Å². The summed E-state index contributed by atoms with van der Waals surface area (Å²) in [5.41, 5.74) is 0.425. The van der Waals surface area contributed by atoms with Crippen molar-refractivity contribution in [1.29, 1.82) is 0 Å². The Balaban J connectivity index is 1.69. The normalized spacial score (nSPS) is 30.1. The van der Waals surface area contributed by atoms with Gasteiger partial charge in [0.1, 0.15) is 5.60 Å². The molecule has 0 saturated heterocycles. The molecule has 0 radical (unpaired) electrons. The molecule has 1 aromatic carbocycles. The second-order valence-electron chi connectivity index (χ2n) is 5.10. The Bertz CT molecular complexity index is 423. The Morgan fingerprint density at radius 1 is 1.17 bits per heavy atom. The number of ether oxygens (including phenoxy) is 2. The van der Waals surface area contributed by atoms with Gasteiger partial charge in [0.05, 0.1) is 12.9 Å². The van der Waals surface area contributed by atoms with Gasteiger partial charge in [-0.15, -0.1) is 0 Å². The zero-order valence-corrected chi connectivity index (χ0v) is 10.3. The summed E-state index contributed by atoms with van der Waals surface area (Å²) >= 11 is 0. The topological polar surface area (TPSA) is 38.7 Å². The van der Waals surface area contributed by atoms with Crippen molar-refractivity contribution in [1.82, 2.24) is 0 Å². The van der Waals surface area contributed by atoms with Crippen molar-refractivity contribution < 1.29 is 14.6 Å². The van der Waals surface area contributed by atoms with E-state index in [1.165, 1.54) is 5.56 Å². The van der Waals surface area contributed by atoms with Crippen LogP contribution in [0.2, 0.25) is 0 Å². The minimum Gasteiger partial charge on any atom is -0.470 e. The van der Waals surface area contributed by atoms with Crippen molar-refractivity contribution in [3.63, 3.8) is 0 Å². The number of rotatable bonds is 2. The lowest BCUT2D eigenvalue weighted by Crippen LogP contribution is -2.50. The van der Waals surface area contributed by atoms with E-state index in [1.807, 2.05) is 24.3 Å². The largest absolute Gasteiger partial charge is 0.470 e. The predicted octanol–water partition coefficient (Wildman–Crippen LogP) is 2.57. The first-order chi connectivity index (χ1) is 8.78. The molecular formula is C15H18O3. The van der Waals surface area contributed by atoms with Crippen molar-refractivity contribution in [3.8, 4) is 0 Å². The van der Waals surface area contributed by atoms with Gasteiger partial charge in [0.25, 0.3) is 0 Å². The number of hydrogen-bond donors (Lipinski definition) is 1. The van der Waals surface area contributed by atoms with Gasteiger partial charge in [-0.3, -0.25) is 0 Å². The summed E-state index contributed by atoms with van der Waals surface area (Å²) in [7, 11) is 0.